The molecule has 0 unspecified atom stereocenters. The van der Waals surface area contributed by atoms with E-state index in [4.69, 9.17) is 0 Å². The lowest BCUT2D eigenvalue weighted by Crippen LogP contribution is -2.38. The van der Waals surface area contributed by atoms with Crippen molar-refractivity contribution in [2.75, 3.05) is 13.6 Å². The van der Waals surface area contributed by atoms with Crippen LogP contribution < -0.4 is 10.1 Å². The van der Waals surface area contributed by atoms with Crippen molar-refractivity contribution in [3.05, 3.63) is 58.6 Å². The van der Waals surface area contributed by atoms with Crippen molar-refractivity contribution in [1.82, 2.24) is 9.62 Å². The minimum Gasteiger partial charge on any atom is -0.434 e. The minimum atomic E-state index is -3.81. The Morgan fingerprint density at radius 1 is 1.22 bits per heavy atom. The predicted molar refractivity (Wildman–Crippen MR) is 98.9 cm³/mol. The maximum atomic E-state index is 12.5. The zero-order valence-corrected chi connectivity index (χ0v) is 16.6. The monoisotopic (exact) mass is 462 g/mol. The van der Waals surface area contributed by atoms with E-state index in [2.05, 4.69) is 26.0 Å². The van der Waals surface area contributed by atoms with E-state index in [1.165, 1.54) is 37.4 Å². The number of carbonyl (C=O) groups is 1. The number of hydrogen-bond donors (Lipinski definition) is 1. The van der Waals surface area contributed by atoms with E-state index in [9.17, 15) is 22.0 Å². The molecule has 0 heterocycles. The summed E-state index contributed by atoms with van der Waals surface area (Å²) < 4.78 is 55.7. The first-order chi connectivity index (χ1) is 12.7. The van der Waals surface area contributed by atoms with Crippen LogP contribution in [0.4, 0.5) is 8.78 Å². The van der Waals surface area contributed by atoms with Crippen LogP contribution in [0.25, 0.3) is 0 Å². The van der Waals surface area contributed by atoms with Crippen LogP contribution in [-0.4, -0.2) is 38.8 Å². The van der Waals surface area contributed by atoms with Crippen LogP contribution >= 0.6 is 15.9 Å². The topological polar surface area (TPSA) is 75.7 Å². The summed E-state index contributed by atoms with van der Waals surface area (Å²) in [4.78, 5) is 12.2. The molecule has 0 atom stereocenters. The van der Waals surface area contributed by atoms with Crippen molar-refractivity contribution in [1.29, 1.82) is 0 Å². The SMILES string of the molecule is CN(CC(=O)NCc1cc(Br)ccc1OC(F)F)S(=O)(=O)c1ccccc1. The highest BCUT2D eigenvalue weighted by Gasteiger charge is 2.22. The molecule has 0 aliphatic carbocycles. The van der Waals surface area contributed by atoms with Crippen molar-refractivity contribution >= 4 is 31.9 Å². The van der Waals surface area contributed by atoms with Crippen molar-refractivity contribution in [3.63, 3.8) is 0 Å². The number of benzene rings is 2. The molecule has 0 aliphatic heterocycles. The van der Waals surface area contributed by atoms with E-state index in [0.717, 1.165) is 4.31 Å². The molecule has 1 amide bonds. The molecule has 0 spiro atoms. The molecule has 6 nitrogen and oxygen atoms in total. The van der Waals surface area contributed by atoms with Crippen LogP contribution in [-0.2, 0) is 21.4 Å². The summed E-state index contributed by atoms with van der Waals surface area (Å²) in [6.45, 7) is -3.52. The Labute approximate surface area is 164 Å². The van der Waals surface area contributed by atoms with Gasteiger partial charge in [0.05, 0.1) is 11.4 Å². The van der Waals surface area contributed by atoms with Gasteiger partial charge >= 0.3 is 6.61 Å². The molecule has 0 saturated carbocycles. The summed E-state index contributed by atoms with van der Waals surface area (Å²) in [5.41, 5.74) is 0.326. The van der Waals surface area contributed by atoms with Crippen LogP contribution in [0.2, 0.25) is 0 Å². The summed E-state index contributed by atoms with van der Waals surface area (Å²) in [5, 5.41) is 2.50. The highest BCUT2D eigenvalue weighted by atomic mass is 79.9. The van der Waals surface area contributed by atoms with Crippen LogP contribution in [0, 0.1) is 0 Å². The quantitative estimate of drug-likeness (QED) is 0.654. The zero-order chi connectivity index (χ0) is 20.0. The lowest BCUT2D eigenvalue weighted by molar-refractivity contribution is -0.121. The van der Waals surface area contributed by atoms with Crippen molar-refractivity contribution in [3.8, 4) is 5.75 Å². The summed E-state index contributed by atoms with van der Waals surface area (Å²) in [7, 11) is -2.52. The molecular formula is C17H17BrF2N2O4S. The molecule has 0 fully saturated rings. The number of nitrogens with zero attached hydrogens (tertiary/aromatic N) is 1. The van der Waals surface area contributed by atoms with Gasteiger partial charge in [0.2, 0.25) is 15.9 Å². The molecule has 146 valence electrons. The maximum Gasteiger partial charge on any atom is 0.387 e. The third kappa shape index (κ3) is 5.98. The molecule has 0 radical (unpaired) electrons. The second-order valence-electron chi connectivity index (χ2n) is 5.48. The van der Waals surface area contributed by atoms with Gasteiger partial charge in [0, 0.05) is 23.6 Å². The number of hydrogen-bond acceptors (Lipinski definition) is 4. The van der Waals surface area contributed by atoms with Gasteiger partial charge in [-0.1, -0.05) is 34.1 Å². The lowest BCUT2D eigenvalue weighted by Gasteiger charge is -2.17. The summed E-state index contributed by atoms with van der Waals surface area (Å²) in [5.74, 6) is -0.654. The summed E-state index contributed by atoms with van der Waals surface area (Å²) >= 11 is 3.22. The van der Waals surface area contributed by atoms with Crippen LogP contribution in [0.15, 0.2) is 57.9 Å². The van der Waals surface area contributed by atoms with Gasteiger partial charge in [-0.05, 0) is 30.3 Å². The van der Waals surface area contributed by atoms with E-state index in [1.807, 2.05) is 0 Å². The second kappa shape index (κ2) is 9.25. The first-order valence-corrected chi connectivity index (χ1v) is 9.95. The standard InChI is InChI=1S/C17H17BrF2N2O4S/c1-22(27(24,25)14-5-3-2-4-6-14)11-16(23)21-10-12-9-13(18)7-8-15(12)26-17(19)20/h2-9,17H,10-11H2,1H3,(H,21,23). The molecule has 0 saturated heterocycles. The molecule has 2 aromatic carbocycles. The summed E-state index contributed by atoms with van der Waals surface area (Å²) in [6, 6.07) is 12.1. The highest BCUT2D eigenvalue weighted by molar-refractivity contribution is 9.10. The molecule has 2 aromatic rings. The predicted octanol–water partition coefficient (Wildman–Crippen LogP) is 2.99. The Balaban J connectivity index is 2.01. The number of rotatable bonds is 8. The maximum absolute atomic E-state index is 12.5. The van der Waals surface area contributed by atoms with E-state index in [-0.39, 0.29) is 17.2 Å². The van der Waals surface area contributed by atoms with Crippen LogP contribution in [0.3, 0.4) is 0 Å². The van der Waals surface area contributed by atoms with Gasteiger partial charge in [-0.2, -0.15) is 13.1 Å². The fourth-order valence-electron chi connectivity index (χ4n) is 2.21. The van der Waals surface area contributed by atoms with E-state index in [0.29, 0.717) is 10.0 Å². The number of alkyl halides is 2. The van der Waals surface area contributed by atoms with Gasteiger partial charge in [0.1, 0.15) is 5.75 Å². The number of ether oxygens (including phenoxy) is 1. The van der Waals surface area contributed by atoms with Crippen LogP contribution in [0.5, 0.6) is 5.75 Å². The number of likely N-dealkylation sites (N-methyl/N-ethyl adjacent to an activating group) is 1. The third-order valence-electron chi connectivity index (χ3n) is 3.53. The lowest BCUT2D eigenvalue weighted by atomic mass is 10.2. The fraction of sp³-hybridized carbons (Fsp3) is 0.235. The normalized spacial score (nSPS) is 11.6. The van der Waals surface area contributed by atoms with Gasteiger partial charge in [-0.25, -0.2) is 8.42 Å². The van der Waals surface area contributed by atoms with E-state index in [1.54, 1.807) is 18.2 Å². The number of halogens is 3. The van der Waals surface area contributed by atoms with Gasteiger partial charge in [-0.3, -0.25) is 4.79 Å². The second-order valence-corrected chi connectivity index (χ2v) is 8.44. The Morgan fingerprint density at radius 3 is 2.52 bits per heavy atom. The Kier molecular flexibility index (Phi) is 7.28. The molecule has 1 N–H and O–H groups in total. The number of amides is 1. The molecule has 0 aromatic heterocycles. The van der Waals surface area contributed by atoms with Crippen molar-refractivity contribution < 1.29 is 26.7 Å². The molecule has 2 rings (SSSR count). The number of carbonyl (C=O) groups excluding carboxylic acids is 1. The molecule has 10 heteroatoms. The third-order valence-corrected chi connectivity index (χ3v) is 5.84. The zero-order valence-electron chi connectivity index (χ0n) is 14.2. The van der Waals surface area contributed by atoms with Crippen LogP contribution in [0.1, 0.15) is 5.56 Å². The largest absolute Gasteiger partial charge is 0.434 e. The van der Waals surface area contributed by atoms with Gasteiger partial charge in [0.15, 0.2) is 0 Å². The average Bonchev–Trinajstić information content (AvgIpc) is 2.62. The van der Waals surface area contributed by atoms with Crippen molar-refractivity contribution in [2.24, 2.45) is 0 Å². The van der Waals surface area contributed by atoms with E-state index >= 15 is 0 Å². The fourth-order valence-corrected chi connectivity index (χ4v) is 3.76. The molecular weight excluding hydrogens is 446 g/mol. The van der Waals surface area contributed by atoms with E-state index < -0.39 is 29.1 Å². The first-order valence-electron chi connectivity index (χ1n) is 7.71. The van der Waals surface area contributed by atoms with Gasteiger partial charge in [-0.15, -0.1) is 0 Å². The number of sulfonamides is 1. The highest BCUT2D eigenvalue weighted by Crippen LogP contribution is 2.24. The average molecular weight is 463 g/mol. The van der Waals surface area contributed by atoms with Gasteiger partial charge in [0.25, 0.3) is 0 Å². The van der Waals surface area contributed by atoms with Gasteiger partial charge < -0.3 is 10.1 Å². The minimum absolute atomic E-state index is 0.0694. The smallest absolute Gasteiger partial charge is 0.387 e. The Bertz CT molecular complexity index is 895. The Morgan fingerprint density at radius 2 is 1.89 bits per heavy atom. The molecule has 0 bridgehead atoms. The first kappa shape index (κ1) is 21.3. The molecule has 0 aliphatic rings. The number of nitrogens with one attached hydrogen (secondary N) is 1. The molecule has 27 heavy (non-hydrogen) atoms. The van der Waals surface area contributed by atoms with Crippen molar-refractivity contribution in [2.45, 2.75) is 18.1 Å². The summed E-state index contributed by atoms with van der Waals surface area (Å²) in [6.07, 6.45) is 0. The Hall–Kier alpha value is -2.04.